The number of carboxylic acid groups (broad SMARTS) is 1. The van der Waals surface area contributed by atoms with Crippen LogP contribution in [0, 0.1) is 13.8 Å². The fourth-order valence-corrected chi connectivity index (χ4v) is 3.58. The second-order valence-corrected chi connectivity index (χ2v) is 7.03. The first-order valence-electron chi connectivity index (χ1n) is 9.15. The summed E-state index contributed by atoms with van der Waals surface area (Å²) in [6.07, 6.45) is 4.16. The molecule has 4 aromatic rings. The quantitative estimate of drug-likeness (QED) is 0.537. The van der Waals surface area contributed by atoms with Gasteiger partial charge in [0.25, 0.3) is 0 Å². The van der Waals surface area contributed by atoms with Crippen molar-refractivity contribution in [3.05, 3.63) is 94.8 Å². The van der Waals surface area contributed by atoms with Crippen molar-refractivity contribution in [2.45, 2.75) is 20.3 Å². The zero-order valence-electron chi connectivity index (χ0n) is 15.8. The van der Waals surface area contributed by atoms with Gasteiger partial charge in [0.15, 0.2) is 0 Å². The molecule has 0 radical (unpaired) electrons. The minimum atomic E-state index is -0.900. The highest BCUT2D eigenvalue weighted by molar-refractivity contribution is 5.94. The highest BCUT2D eigenvalue weighted by Crippen LogP contribution is 2.29. The molecule has 28 heavy (non-hydrogen) atoms. The van der Waals surface area contributed by atoms with Gasteiger partial charge in [0, 0.05) is 23.3 Å². The standard InChI is InChI=1S/C24H20N2O2/c1-15-8-9-18(21(11-15)24(27)28)13-17-12-16(2)23(26-14-17)20-5-3-7-22-19(20)6-4-10-25-22/h3-12,14H,13H2,1-2H3,(H,27,28). The molecule has 4 rings (SSSR count). The molecule has 0 aliphatic rings. The Morgan fingerprint density at radius 2 is 1.86 bits per heavy atom. The Balaban J connectivity index is 1.72. The minimum absolute atomic E-state index is 0.349. The monoisotopic (exact) mass is 368 g/mol. The number of hydrogen-bond donors (Lipinski definition) is 1. The average Bonchev–Trinajstić information content (AvgIpc) is 2.69. The number of aromatic carboxylic acids is 1. The summed E-state index contributed by atoms with van der Waals surface area (Å²) in [6.45, 7) is 3.93. The number of pyridine rings is 2. The van der Waals surface area contributed by atoms with Gasteiger partial charge in [0.2, 0.25) is 0 Å². The van der Waals surface area contributed by atoms with Crippen molar-refractivity contribution in [2.75, 3.05) is 0 Å². The molecule has 0 amide bonds. The molecule has 0 fully saturated rings. The first kappa shape index (κ1) is 17.9. The first-order chi connectivity index (χ1) is 13.5. The molecule has 2 aromatic heterocycles. The molecule has 4 nitrogen and oxygen atoms in total. The molecule has 0 saturated heterocycles. The van der Waals surface area contributed by atoms with Gasteiger partial charge in [0.05, 0.1) is 16.8 Å². The van der Waals surface area contributed by atoms with Gasteiger partial charge in [0.1, 0.15) is 0 Å². The van der Waals surface area contributed by atoms with E-state index in [9.17, 15) is 9.90 Å². The van der Waals surface area contributed by atoms with Crippen LogP contribution in [0.3, 0.4) is 0 Å². The molecular weight excluding hydrogens is 348 g/mol. The third kappa shape index (κ3) is 3.37. The van der Waals surface area contributed by atoms with Gasteiger partial charge in [-0.3, -0.25) is 9.97 Å². The zero-order valence-corrected chi connectivity index (χ0v) is 15.8. The van der Waals surface area contributed by atoms with Crippen LogP contribution in [0.25, 0.3) is 22.2 Å². The van der Waals surface area contributed by atoms with E-state index in [4.69, 9.17) is 4.98 Å². The second-order valence-electron chi connectivity index (χ2n) is 7.03. The van der Waals surface area contributed by atoms with E-state index in [2.05, 4.69) is 23.2 Å². The number of hydrogen-bond acceptors (Lipinski definition) is 3. The summed E-state index contributed by atoms with van der Waals surface area (Å²) in [5, 5.41) is 10.6. The van der Waals surface area contributed by atoms with E-state index in [0.717, 1.165) is 44.4 Å². The summed E-state index contributed by atoms with van der Waals surface area (Å²) in [5.74, 6) is -0.900. The van der Waals surface area contributed by atoms with Gasteiger partial charge in [-0.1, -0.05) is 42.0 Å². The fraction of sp³-hybridized carbons (Fsp3) is 0.125. The van der Waals surface area contributed by atoms with Gasteiger partial charge >= 0.3 is 5.97 Å². The Morgan fingerprint density at radius 3 is 2.64 bits per heavy atom. The zero-order chi connectivity index (χ0) is 19.7. The van der Waals surface area contributed by atoms with E-state index in [0.29, 0.717) is 12.0 Å². The van der Waals surface area contributed by atoms with E-state index in [1.165, 1.54) is 0 Å². The molecule has 4 heteroatoms. The maximum atomic E-state index is 11.6. The summed E-state index contributed by atoms with van der Waals surface area (Å²) < 4.78 is 0. The molecule has 0 bridgehead atoms. The van der Waals surface area contributed by atoms with Gasteiger partial charge < -0.3 is 5.11 Å². The summed E-state index contributed by atoms with van der Waals surface area (Å²) in [4.78, 5) is 20.7. The van der Waals surface area contributed by atoms with Crippen LogP contribution in [0.2, 0.25) is 0 Å². The molecule has 0 aliphatic carbocycles. The van der Waals surface area contributed by atoms with Crippen molar-refractivity contribution >= 4 is 16.9 Å². The maximum Gasteiger partial charge on any atom is 0.335 e. The summed E-state index contributed by atoms with van der Waals surface area (Å²) in [7, 11) is 0. The maximum absolute atomic E-state index is 11.6. The van der Waals surface area contributed by atoms with Crippen molar-refractivity contribution in [1.29, 1.82) is 0 Å². The number of aryl methyl sites for hydroxylation is 2. The van der Waals surface area contributed by atoms with Gasteiger partial charge in [-0.2, -0.15) is 0 Å². The van der Waals surface area contributed by atoms with E-state index in [1.54, 1.807) is 12.3 Å². The highest BCUT2D eigenvalue weighted by atomic mass is 16.4. The van der Waals surface area contributed by atoms with Crippen LogP contribution < -0.4 is 0 Å². The Kier molecular flexibility index (Phi) is 4.62. The van der Waals surface area contributed by atoms with Crippen molar-refractivity contribution in [2.24, 2.45) is 0 Å². The van der Waals surface area contributed by atoms with Crippen LogP contribution in [0.1, 0.15) is 32.6 Å². The SMILES string of the molecule is Cc1ccc(Cc2cnc(-c3cccc4ncccc34)c(C)c2)c(C(=O)O)c1. The summed E-state index contributed by atoms with van der Waals surface area (Å²) in [5.41, 5.74) is 7.04. The van der Waals surface area contributed by atoms with Crippen LogP contribution in [0.15, 0.2) is 67.0 Å². The van der Waals surface area contributed by atoms with Crippen LogP contribution in [-0.4, -0.2) is 21.0 Å². The van der Waals surface area contributed by atoms with Crippen LogP contribution in [-0.2, 0) is 6.42 Å². The summed E-state index contributed by atoms with van der Waals surface area (Å²) in [6, 6.07) is 17.7. The number of aromatic nitrogens is 2. The molecule has 138 valence electrons. The molecular formula is C24H20N2O2. The topological polar surface area (TPSA) is 63.1 Å². The molecule has 0 aliphatic heterocycles. The minimum Gasteiger partial charge on any atom is -0.478 e. The largest absolute Gasteiger partial charge is 0.478 e. The number of carboxylic acids is 1. The molecule has 2 heterocycles. The second kappa shape index (κ2) is 7.24. The lowest BCUT2D eigenvalue weighted by Gasteiger charge is -2.12. The number of nitrogens with zero attached hydrogens (tertiary/aromatic N) is 2. The Hall–Kier alpha value is -3.53. The lowest BCUT2D eigenvalue weighted by atomic mass is 9.96. The normalized spacial score (nSPS) is 10.9. The Labute approximate surface area is 163 Å². The molecule has 1 N–H and O–H groups in total. The van der Waals surface area contributed by atoms with Crippen molar-refractivity contribution < 1.29 is 9.90 Å². The van der Waals surface area contributed by atoms with Crippen LogP contribution in [0.4, 0.5) is 0 Å². The molecule has 0 atom stereocenters. The lowest BCUT2D eigenvalue weighted by Crippen LogP contribution is -2.04. The highest BCUT2D eigenvalue weighted by Gasteiger charge is 2.13. The average molecular weight is 368 g/mol. The number of carbonyl (C=O) groups is 1. The molecule has 0 saturated carbocycles. The van der Waals surface area contributed by atoms with E-state index < -0.39 is 5.97 Å². The number of benzene rings is 2. The number of fused-ring (bicyclic) bond motifs is 1. The molecule has 0 unspecified atom stereocenters. The smallest absolute Gasteiger partial charge is 0.335 e. The Morgan fingerprint density at radius 1 is 1.00 bits per heavy atom. The van der Waals surface area contributed by atoms with Gasteiger partial charge in [-0.25, -0.2) is 4.79 Å². The van der Waals surface area contributed by atoms with E-state index >= 15 is 0 Å². The molecule has 0 spiro atoms. The van der Waals surface area contributed by atoms with Gasteiger partial charge in [-0.05, 0) is 55.2 Å². The van der Waals surface area contributed by atoms with Crippen molar-refractivity contribution in [1.82, 2.24) is 9.97 Å². The predicted octanol–water partition coefficient (Wildman–Crippen LogP) is 5.20. The predicted molar refractivity (Wildman–Crippen MR) is 111 cm³/mol. The van der Waals surface area contributed by atoms with Crippen LogP contribution >= 0.6 is 0 Å². The van der Waals surface area contributed by atoms with Gasteiger partial charge in [-0.15, -0.1) is 0 Å². The lowest BCUT2D eigenvalue weighted by molar-refractivity contribution is 0.0695. The van der Waals surface area contributed by atoms with E-state index in [-0.39, 0.29) is 0 Å². The first-order valence-corrected chi connectivity index (χ1v) is 9.15. The fourth-order valence-electron chi connectivity index (χ4n) is 3.58. The Bertz CT molecular complexity index is 1190. The van der Waals surface area contributed by atoms with E-state index in [1.807, 2.05) is 50.4 Å². The van der Waals surface area contributed by atoms with Crippen molar-refractivity contribution in [3.63, 3.8) is 0 Å². The third-order valence-electron chi connectivity index (χ3n) is 4.93. The summed E-state index contributed by atoms with van der Waals surface area (Å²) >= 11 is 0. The number of rotatable bonds is 4. The third-order valence-corrected chi connectivity index (χ3v) is 4.93. The van der Waals surface area contributed by atoms with Crippen LogP contribution in [0.5, 0.6) is 0 Å². The van der Waals surface area contributed by atoms with Crippen molar-refractivity contribution in [3.8, 4) is 11.3 Å². The molecule has 2 aromatic carbocycles.